The lowest BCUT2D eigenvalue weighted by atomic mass is 9.75. The van der Waals surface area contributed by atoms with Crippen molar-refractivity contribution >= 4 is 17.5 Å². The van der Waals surface area contributed by atoms with Gasteiger partial charge in [-0.25, -0.2) is 4.39 Å². The van der Waals surface area contributed by atoms with E-state index < -0.39 is 12.0 Å². The molecule has 1 saturated heterocycles. The number of benzene rings is 3. The molecule has 3 aliphatic rings. The summed E-state index contributed by atoms with van der Waals surface area (Å²) in [7, 11) is 3.09. The number of nitrogens with zero attached hydrogens (tertiary/aromatic N) is 3. The molecule has 0 spiro atoms. The molecule has 6 rings (SSSR count). The SMILES string of the molecule is COc1cc2c(cc1OC)C(C(=O)NCCN1CCN(c3ccccc3F)CC1)C1c3ccccc3CCN1C2=O. The standard InChI is InChI=1S/C32H35FN4O4/c1-40-27-19-23-24(20-28(27)41-2)32(39)37-13-11-21-7-3-4-8-22(21)30(37)29(23)31(38)34-12-14-35-15-17-36(18-16-35)26-10-6-5-9-25(26)33/h3-10,19-20,29-30H,11-18H2,1-2H3,(H,34,38). The maximum Gasteiger partial charge on any atom is 0.254 e. The lowest BCUT2D eigenvalue weighted by Gasteiger charge is -2.45. The maximum absolute atomic E-state index is 14.2. The zero-order valence-corrected chi connectivity index (χ0v) is 23.4. The second kappa shape index (κ2) is 11.4. The van der Waals surface area contributed by atoms with E-state index in [1.54, 1.807) is 25.3 Å². The fraction of sp³-hybridized carbons (Fsp3) is 0.375. The number of carbonyl (C=O) groups excluding carboxylic acids is 2. The molecule has 2 amide bonds. The number of piperazine rings is 1. The Bertz CT molecular complexity index is 1460. The molecule has 41 heavy (non-hydrogen) atoms. The minimum atomic E-state index is -0.596. The molecule has 3 aliphatic heterocycles. The molecule has 2 unspecified atom stereocenters. The Kier molecular flexibility index (Phi) is 7.53. The van der Waals surface area contributed by atoms with Crippen LogP contribution >= 0.6 is 0 Å². The summed E-state index contributed by atoms with van der Waals surface area (Å²) in [5.74, 6) is -0.0694. The van der Waals surface area contributed by atoms with Crippen molar-refractivity contribution < 1.29 is 23.5 Å². The van der Waals surface area contributed by atoms with Crippen LogP contribution in [0, 0.1) is 5.82 Å². The molecule has 1 N–H and O–H groups in total. The minimum Gasteiger partial charge on any atom is -0.493 e. The normalized spacial score (nSPS) is 20.1. The molecule has 0 radical (unpaired) electrons. The molecule has 8 nitrogen and oxygen atoms in total. The molecule has 3 heterocycles. The second-order valence-corrected chi connectivity index (χ2v) is 10.7. The topological polar surface area (TPSA) is 74.4 Å². The Morgan fingerprint density at radius 2 is 1.63 bits per heavy atom. The molecule has 214 valence electrons. The highest BCUT2D eigenvalue weighted by Gasteiger charge is 2.46. The van der Waals surface area contributed by atoms with Gasteiger partial charge < -0.3 is 24.6 Å². The van der Waals surface area contributed by atoms with Crippen molar-refractivity contribution in [2.75, 3.05) is 64.9 Å². The highest BCUT2D eigenvalue weighted by molar-refractivity contribution is 6.02. The molecule has 0 aromatic heterocycles. The van der Waals surface area contributed by atoms with Crippen LogP contribution in [-0.4, -0.2) is 81.6 Å². The first-order valence-corrected chi connectivity index (χ1v) is 14.1. The van der Waals surface area contributed by atoms with Gasteiger partial charge in [0.25, 0.3) is 5.91 Å². The van der Waals surface area contributed by atoms with Crippen LogP contribution in [0.1, 0.15) is 39.0 Å². The van der Waals surface area contributed by atoms with Crippen molar-refractivity contribution in [1.29, 1.82) is 0 Å². The van der Waals surface area contributed by atoms with E-state index in [-0.39, 0.29) is 17.6 Å². The third-order valence-corrected chi connectivity index (χ3v) is 8.60. The number of amides is 2. The van der Waals surface area contributed by atoms with Crippen LogP contribution in [0.25, 0.3) is 0 Å². The smallest absolute Gasteiger partial charge is 0.254 e. The Morgan fingerprint density at radius 3 is 2.39 bits per heavy atom. The molecule has 1 fully saturated rings. The summed E-state index contributed by atoms with van der Waals surface area (Å²) in [5, 5.41) is 3.17. The summed E-state index contributed by atoms with van der Waals surface area (Å²) in [5.41, 5.74) is 3.94. The highest BCUT2D eigenvalue weighted by atomic mass is 19.1. The van der Waals surface area contributed by atoms with Gasteiger partial charge in [-0.1, -0.05) is 36.4 Å². The van der Waals surface area contributed by atoms with Crippen molar-refractivity contribution in [3.8, 4) is 11.5 Å². The molecule has 0 saturated carbocycles. The van der Waals surface area contributed by atoms with Gasteiger partial charge in [-0.15, -0.1) is 0 Å². The van der Waals surface area contributed by atoms with Gasteiger partial charge in [0.1, 0.15) is 5.82 Å². The van der Waals surface area contributed by atoms with E-state index in [0.29, 0.717) is 47.9 Å². The van der Waals surface area contributed by atoms with Crippen LogP contribution in [0.2, 0.25) is 0 Å². The van der Waals surface area contributed by atoms with E-state index >= 15 is 0 Å². The fourth-order valence-electron chi connectivity index (χ4n) is 6.50. The van der Waals surface area contributed by atoms with Gasteiger partial charge in [0.05, 0.1) is 31.9 Å². The average molecular weight is 559 g/mol. The third kappa shape index (κ3) is 4.99. The Morgan fingerprint density at radius 1 is 0.927 bits per heavy atom. The number of hydrogen-bond acceptors (Lipinski definition) is 6. The van der Waals surface area contributed by atoms with Crippen molar-refractivity contribution in [1.82, 2.24) is 15.1 Å². The molecule has 3 aromatic rings. The van der Waals surface area contributed by atoms with Gasteiger partial charge in [0.2, 0.25) is 5.91 Å². The number of anilines is 1. The van der Waals surface area contributed by atoms with E-state index in [1.807, 2.05) is 35.2 Å². The summed E-state index contributed by atoms with van der Waals surface area (Å²) in [6, 6.07) is 18.0. The number of carbonyl (C=O) groups is 2. The summed E-state index contributed by atoms with van der Waals surface area (Å²) in [6.07, 6.45) is 0.744. The van der Waals surface area contributed by atoms with Crippen LogP contribution in [0.5, 0.6) is 11.5 Å². The third-order valence-electron chi connectivity index (χ3n) is 8.60. The lowest BCUT2D eigenvalue weighted by Crippen LogP contribution is -2.51. The first kappa shape index (κ1) is 27.1. The van der Waals surface area contributed by atoms with E-state index in [9.17, 15) is 14.0 Å². The van der Waals surface area contributed by atoms with E-state index in [1.165, 1.54) is 13.2 Å². The van der Waals surface area contributed by atoms with Crippen molar-refractivity contribution in [3.63, 3.8) is 0 Å². The van der Waals surface area contributed by atoms with Crippen LogP contribution in [0.15, 0.2) is 60.7 Å². The highest BCUT2D eigenvalue weighted by Crippen LogP contribution is 2.48. The van der Waals surface area contributed by atoms with Crippen molar-refractivity contribution in [2.45, 2.75) is 18.4 Å². The van der Waals surface area contributed by atoms with Gasteiger partial charge in [-0.05, 0) is 47.4 Å². The largest absolute Gasteiger partial charge is 0.493 e. The summed E-state index contributed by atoms with van der Waals surface area (Å²) in [6.45, 7) is 4.72. The van der Waals surface area contributed by atoms with Crippen LogP contribution in [0.4, 0.5) is 10.1 Å². The summed E-state index contributed by atoms with van der Waals surface area (Å²) in [4.78, 5) is 33.9. The Labute approximate surface area is 239 Å². The van der Waals surface area contributed by atoms with Gasteiger partial charge in [-0.2, -0.15) is 0 Å². The van der Waals surface area contributed by atoms with E-state index in [0.717, 1.165) is 43.7 Å². The average Bonchev–Trinajstić information content (AvgIpc) is 3.01. The number of ether oxygens (including phenoxy) is 2. The maximum atomic E-state index is 14.2. The summed E-state index contributed by atoms with van der Waals surface area (Å²) >= 11 is 0. The van der Waals surface area contributed by atoms with Crippen LogP contribution in [0.3, 0.4) is 0 Å². The second-order valence-electron chi connectivity index (χ2n) is 10.7. The number of para-hydroxylation sites is 1. The molecule has 0 bridgehead atoms. The first-order valence-electron chi connectivity index (χ1n) is 14.1. The van der Waals surface area contributed by atoms with Gasteiger partial charge in [0, 0.05) is 51.4 Å². The van der Waals surface area contributed by atoms with Crippen LogP contribution < -0.4 is 19.7 Å². The van der Waals surface area contributed by atoms with E-state index in [4.69, 9.17) is 9.47 Å². The molecule has 0 aliphatic carbocycles. The molecule has 3 aromatic carbocycles. The predicted molar refractivity (Wildman–Crippen MR) is 154 cm³/mol. The first-order chi connectivity index (χ1) is 20.0. The lowest BCUT2D eigenvalue weighted by molar-refractivity contribution is -0.124. The zero-order valence-electron chi connectivity index (χ0n) is 23.4. The number of nitrogens with one attached hydrogen (secondary N) is 1. The van der Waals surface area contributed by atoms with Gasteiger partial charge >= 0.3 is 0 Å². The monoisotopic (exact) mass is 558 g/mol. The van der Waals surface area contributed by atoms with E-state index in [2.05, 4.69) is 21.2 Å². The van der Waals surface area contributed by atoms with Crippen LogP contribution in [-0.2, 0) is 11.2 Å². The number of fused-ring (bicyclic) bond motifs is 4. The predicted octanol–water partition coefficient (Wildman–Crippen LogP) is 3.62. The molecule has 9 heteroatoms. The number of hydrogen-bond donors (Lipinski definition) is 1. The fourth-order valence-corrected chi connectivity index (χ4v) is 6.50. The molecular formula is C32H35FN4O4. The molecular weight excluding hydrogens is 523 g/mol. The summed E-state index contributed by atoms with van der Waals surface area (Å²) < 4.78 is 25.3. The van der Waals surface area contributed by atoms with Gasteiger partial charge in [0.15, 0.2) is 11.5 Å². The number of methoxy groups -OCH3 is 2. The van der Waals surface area contributed by atoms with Crippen molar-refractivity contribution in [3.05, 3.63) is 88.7 Å². The van der Waals surface area contributed by atoms with Crippen molar-refractivity contribution in [2.24, 2.45) is 0 Å². The Hall–Kier alpha value is -4.11. The quantitative estimate of drug-likeness (QED) is 0.478. The zero-order chi connectivity index (χ0) is 28.5. The Balaban J connectivity index is 1.21. The van der Waals surface area contributed by atoms with Gasteiger partial charge in [-0.3, -0.25) is 14.5 Å². The number of halogens is 1. The molecule has 2 atom stereocenters. The number of rotatable bonds is 7. The minimum absolute atomic E-state index is 0.0998.